The normalized spacial score (nSPS) is 10.5. The summed E-state index contributed by atoms with van der Waals surface area (Å²) in [6, 6.07) is 3.37. The van der Waals surface area contributed by atoms with E-state index in [9.17, 15) is 4.79 Å². The fourth-order valence-electron chi connectivity index (χ4n) is 1.04. The zero-order chi connectivity index (χ0) is 9.42. The summed E-state index contributed by atoms with van der Waals surface area (Å²) in [5, 5.41) is 0.753. The Morgan fingerprint density at radius 2 is 2.31 bits per heavy atom. The van der Waals surface area contributed by atoms with E-state index in [-0.39, 0.29) is 0 Å². The molecule has 0 saturated heterocycles. The number of amides is 1. The molecule has 2 aromatic rings. The van der Waals surface area contributed by atoms with Crippen molar-refractivity contribution in [2.24, 2.45) is 5.73 Å². The van der Waals surface area contributed by atoms with Gasteiger partial charge in [0.05, 0.1) is 5.56 Å². The number of primary amides is 1. The van der Waals surface area contributed by atoms with E-state index in [2.05, 4.69) is 20.9 Å². The van der Waals surface area contributed by atoms with Crippen LogP contribution in [0.2, 0.25) is 0 Å². The third-order valence-electron chi connectivity index (χ3n) is 1.63. The molecule has 0 atom stereocenters. The van der Waals surface area contributed by atoms with Gasteiger partial charge in [0.25, 0.3) is 0 Å². The molecular formula is C8H5BrN2O2. The maximum atomic E-state index is 10.8. The Kier molecular flexibility index (Phi) is 1.81. The fraction of sp³-hybridized carbons (Fsp3) is 0. The van der Waals surface area contributed by atoms with Crippen LogP contribution in [0, 0.1) is 0 Å². The molecule has 0 saturated carbocycles. The number of hydrogen-bond donors (Lipinski definition) is 1. The minimum Gasteiger partial charge on any atom is -0.431 e. The van der Waals surface area contributed by atoms with Crippen LogP contribution in [0.15, 0.2) is 27.4 Å². The molecule has 1 amide bonds. The van der Waals surface area contributed by atoms with Crippen molar-refractivity contribution in [1.29, 1.82) is 0 Å². The van der Waals surface area contributed by atoms with Gasteiger partial charge in [0, 0.05) is 17.6 Å². The fourth-order valence-corrected chi connectivity index (χ4v) is 1.44. The number of halogens is 1. The molecular weight excluding hydrogens is 236 g/mol. The van der Waals surface area contributed by atoms with E-state index in [1.807, 2.05) is 0 Å². The number of carbonyl (C=O) groups is 1. The quantitative estimate of drug-likeness (QED) is 0.825. The van der Waals surface area contributed by atoms with E-state index in [1.165, 1.54) is 6.20 Å². The number of furan rings is 1. The van der Waals surface area contributed by atoms with Crippen LogP contribution in [-0.4, -0.2) is 10.9 Å². The van der Waals surface area contributed by atoms with Crippen LogP contribution in [-0.2, 0) is 0 Å². The second-order valence-electron chi connectivity index (χ2n) is 2.53. The van der Waals surface area contributed by atoms with Crippen LogP contribution in [0.1, 0.15) is 10.4 Å². The van der Waals surface area contributed by atoms with Gasteiger partial charge in [0.1, 0.15) is 0 Å². The molecule has 2 heterocycles. The lowest BCUT2D eigenvalue weighted by molar-refractivity contribution is 0.1000. The summed E-state index contributed by atoms with van der Waals surface area (Å²) in [7, 11) is 0. The molecule has 0 aliphatic heterocycles. The summed E-state index contributed by atoms with van der Waals surface area (Å²) in [5.74, 6) is -0.494. The van der Waals surface area contributed by atoms with Crippen molar-refractivity contribution >= 4 is 32.9 Å². The predicted octanol–water partition coefficient (Wildman–Crippen LogP) is 1.69. The van der Waals surface area contributed by atoms with Gasteiger partial charge in [0.2, 0.25) is 11.6 Å². The molecule has 0 spiro atoms. The van der Waals surface area contributed by atoms with Crippen LogP contribution < -0.4 is 5.73 Å². The van der Waals surface area contributed by atoms with E-state index >= 15 is 0 Å². The molecule has 0 radical (unpaired) electrons. The van der Waals surface area contributed by atoms with Gasteiger partial charge in [-0.2, -0.15) is 0 Å². The van der Waals surface area contributed by atoms with Crippen molar-refractivity contribution in [1.82, 2.24) is 4.98 Å². The van der Waals surface area contributed by atoms with E-state index in [0.717, 1.165) is 5.39 Å². The standard InChI is InChI=1S/C8H5BrN2O2/c9-6-2-4-1-5(7(10)12)3-11-8(4)13-6/h1-3H,(H2,10,12). The van der Waals surface area contributed by atoms with Crippen molar-refractivity contribution in [2.45, 2.75) is 0 Å². The van der Waals surface area contributed by atoms with Crippen molar-refractivity contribution < 1.29 is 9.21 Å². The smallest absolute Gasteiger partial charge is 0.250 e. The van der Waals surface area contributed by atoms with Gasteiger partial charge < -0.3 is 10.2 Å². The Morgan fingerprint density at radius 3 is 3.00 bits per heavy atom. The van der Waals surface area contributed by atoms with Crippen molar-refractivity contribution in [3.8, 4) is 0 Å². The Hall–Kier alpha value is -1.36. The van der Waals surface area contributed by atoms with E-state index < -0.39 is 5.91 Å². The lowest BCUT2D eigenvalue weighted by Gasteiger charge is -1.92. The number of aromatic nitrogens is 1. The third kappa shape index (κ3) is 1.42. The first-order chi connectivity index (χ1) is 6.16. The SMILES string of the molecule is NC(=O)c1cnc2oc(Br)cc2c1. The molecule has 0 bridgehead atoms. The van der Waals surface area contributed by atoms with E-state index in [4.69, 9.17) is 10.2 Å². The summed E-state index contributed by atoms with van der Waals surface area (Å²) in [4.78, 5) is 14.7. The first kappa shape index (κ1) is 8.25. The summed E-state index contributed by atoms with van der Waals surface area (Å²) in [6.45, 7) is 0. The predicted molar refractivity (Wildman–Crippen MR) is 50.2 cm³/mol. The van der Waals surface area contributed by atoms with Gasteiger partial charge in [0.15, 0.2) is 4.67 Å². The number of hydrogen-bond acceptors (Lipinski definition) is 3. The number of rotatable bonds is 1. The lowest BCUT2D eigenvalue weighted by atomic mass is 10.2. The lowest BCUT2D eigenvalue weighted by Crippen LogP contribution is -2.10. The zero-order valence-corrected chi connectivity index (χ0v) is 8.04. The Balaban J connectivity index is 2.67. The Labute approximate surface area is 81.9 Å². The van der Waals surface area contributed by atoms with Gasteiger partial charge in [-0.15, -0.1) is 0 Å². The largest absolute Gasteiger partial charge is 0.431 e. The van der Waals surface area contributed by atoms with Gasteiger partial charge in [-0.25, -0.2) is 4.98 Å². The number of carbonyl (C=O) groups excluding carboxylic acids is 1. The maximum Gasteiger partial charge on any atom is 0.250 e. The van der Waals surface area contributed by atoms with Crippen LogP contribution in [0.25, 0.3) is 11.1 Å². The van der Waals surface area contributed by atoms with Crippen LogP contribution >= 0.6 is 15.9 Å². The molecule has 5 heteroatoms. The van der Waals surface area contributed by atoms with Gasteiger partial charge in [-0.1, -0.05) is 0 Å². The number of pyridine rings is 1. The topological polar surface area (TPSA) is 69.1 Å². The molecule has 2 aromatic heterocycles. The van der Waals surface area contributed by atoms with Gasteiger partial charge in [-0.05, 0) is 22.0 Å². The highest BCUT2D eigenvalue weighted by Gasteiger charge is 2.06. The molecule has 13 heavy (non-hydrogen) atoms. The molecule has 0 aliphatic carbocycles. The molecule has 0 fully saturated rings. The van der Waals surface area contributed by atoms with Gasteiger partial charge in [-0.3, -0.25) is 4.79 Å². The minimum atomic E-state index is -0.494. The number of nitrogens with zero attached hydrogens (tertiary/aromatic N) is 1. The van der Waals surface area contributed by atoms with E-state index in [1.54, 1.807) is 12.1 Å². The van der Waals surface area contributed by atoms with Crippen molar-refractivity contribution in [2.75, 3.05) is 0 Å². The number of fused-ring (bicyclic) bond motifs is 1. The molecule has 0 aliphatic rings. The maximum absolute atomic E-state index is 10.8. The van der Waals surface area contributed by atoms with Crippen molar-refractivity contribution in [3.05, 3.63) is 28.6 Å². The first-order valence-electron chi connectivity index (χ1n) is 3.52. The summed E-state index contributed by atoms with van der Waals surface area (Å²) < 4.78 is 5.74. The highest BCUT2D eigenvalue weighted by molar-refractivity contribution is 9.10. The van der Waals surface area contributed by atoms with Crippen molar-refractivity contribution in [3.63, 3.8) is 0 Å². The highest BCUT2D eigenvalue weighted by Crippen LogP contribution is 2.21. The second-order valence-corrected chi connectivity index (χ2v) is 3.31. The van der Waals surface area contributed by atoms with E-state index in [0.29, 0.717) is 15.9 Å². The number of nitrogens with two attached hydrogens (primary N) is 1. The average Bonchev–Trinajstić information content (AvgIpc) is 2.42. The molecule has 0 aromatic carbocycles. The molecule has 4 nitrogen and oxygen atoms in total. The summed E-state index contributed by atoms with van der Waals surface area (Å²) >= 11 is 3.16. The Morgan fingerprint density at radius 1 is 1.54 bits per heavy atom. The van der Waals surface area contributed by atoms with Crippen LogP contribution in [0.5, 0.6) is 0 Å². The molecule has 66 valence electrons. The highest BCUT2D eigenvalue weighted by atomic mass is 79.9. The van der Waals surface area contributed by atoms with Crippen LogP contribution in [0.3, 0.4) is 0 Å². The molecule has 2 N–H and O–H groups in total. The Bertz CT molecular complexity index is 478. The average molecular weight is 241 g/mol. The third-order valence-corrected chi connectivity index (χ3v) is 2.02. The summed E-state index contributed by atoms with van der Waals surface area (Å²) in [6.07, 6.45) is 1.39. The summed E-state index contributed by atoms with van der Waals surface area (Å²) in [5.41, 5.74) is 5.95. The van der Waals surface area contributed by atoms with Gasteiger partial charge >= 0.3 is 0 Å². The molecule has 0 unspecified atom stereocenters. The monoisotopic (exact) mass is 240 g/mol. The first-order valence-corrected chi connectivity index (χ1v) is 4.31. The molecule has 2 rings (SSSR count). The van der Waals surface area contributed by atoms with Crippen LogP contribution in [0.4, 0.5) is 0 Å². The second kappa shape index (κ2) is 2.85. The minimum absolute atomic E-state index is 0.376. The zero-order valence-electron chi connectivity index (χ0n) is 6.45.